The van der Waals surface area contributed by atoms with E-state index in [4.69, 9.17) is 15.8 Å². The van der Waals surface area contributed by atoms with Crippen molar-refractivity contribution < 1.29 is 5.11 Å². The monoisotopic (exact) mass is 184 g/mol. The molecule has 0 spiro atoms. The van der Waals surface area contributed by atoms with Crippen LogP contribution in [-0.2, 0) is 0 Å². The van der Waals surface area contributed by atoms with Gasteiger partial charge in [0.05, 0.1) is 4.90 Å². The maximum absolute atomic E-state index is 9.01. The van der Waals surface area contributed by atoms with E-state index in [1.54, 1.807) is 18.2 Å². The van der Waals surface area contributed by atoms with Crippen LogP contribution in [0.4, 0.5) is 0 Å². The van der Waals surface area contributed by atoms with E-state index in [1.165, 1.54) is 0 Å². The number of phenols is 1. The number of phenolic OH excluding ortho intramolecular Hbond substituents is 1. The Kier molecular flexibility index (Phi) is 5.68. The topological polar surface area (TPSA) is 20.2 Å². The first-order valence-corrected chi connectivity index (χ1v) is 4.05. The summed E-state index contributed by atoms with van der Waals surface area (Å²) in [6.45, 7) is 0. The molecule has 1 nitrogen and oxygen atoms in total. The van der Waals surface area contributed by atoms with Gasteiger partial charge in [0.25, 0.3) is 0 Å². The molecule has 0 atom stereocenters. The van der Waals surface area contributed by atoms with E-state index in [0.717, 1.165) is 11.0 Å². The Morgan fingerprint density at radius 1 is 1.30 bits per heavy atom. The number of aromatic hydroxyl groups is 1. The Bertz CT molecular complexity index is 207. The second kappa shape index (κ2) is 5.33. The molecule has 0 unspecified atom stereocenters. The molecule has 10 heavy (non-hydrogen) atoms. The van der Waals surface area contributed by atoms with E-state index in [0.29, 0.717) is 4.90 Å². The fourth-order valence-electron chi connectivity index (χ4n) is 0.522. The first kappa shape index (κ1) is 10.7. The summed E-state index contributed by atoms with van der Waals surface area (Å²) in [7, 11) is 6.41. The summed E-state index contributed by atoms with van der Waals surface area (Å²) in [5.41, 5.74) is 0. The summed E-state index contributed by atoms with van der Waals surface area (Å²) >= 11 is 0. The molecule has 0 heterocycles. The van der Waals surface area contributed by atoms with Crippen molar-refractivity contribution in [2.45, 2.75) is 4.90 Å². The Labute approximate surface area is 90.6 Å². The van der Waals surface area contributed by atoms with Crippen molar-refractivity contribution in [1.29, 1.82) is 0 Å². The quantitative estimate of drug-likeness (QED) is 0.674. The molecular formula is C6H6ClNaOS. The maximum atomic E-state index is 9.01. The van der Waals surface area contributed by atoms with E-state index >= 15 is 0 Å². The first-order chi connectivity index (χ1) is 4.34. The standard InChI is InChI=1S/C6H5ClOS.Na.H/c7-9-6-4-2-1-3-5(6)8;;/h1-4,8H;;. The molecule has 1 aromatic rings. The minimum atomic E-state index is 0. The van der Waals surface area contributed by atoms with Crippen LogP contribution in [0.1, 0.15) is 0 Å². The van der Waals surface area contributed by atoms with Gasteiger partial charge in [-0.1, -0.05) is 12.1 Å². The zero-order valence-corrected chi connectivity index (χ0v) is 6.12. The summed E-state index contributed by atoms with van der Waals surface area (Å²) < 4.78 is 0. The van der Waals surface area contributed by atoms with Crippen LogP contribution in [-0.4, -0.2) is 34.7 Å². The molecule has 0 aliphatic rings. The number of hydrogen-bond acceptors (Lipinski definition) is 2. The van der Waals surface area contributed by atoms with Crippen molar-refractivity contribution in [1.82, 2.24) is 0 Å². The van der Waals surface area contributed by atoms with Gasteiger partial charge in [-0.25, -0.2) is 0 Å². The Hall–Kier alpha value is 0.660. The third-order valence-electron chi connectivity index (χ3n) is 0.948. The van der Waals surface area contributed by atoms with Crippen LogP contribution in [0.3, 0.4) is 0 Å². The van der Waals surface area contributed by atoms with Crippen molar-refractivity contribution in [2.75, 3.05) is 0 Å². The SMILES string of the molecule is Oc1ccccc1SCl.[NaH]. The van der Waals surface area contributed by atoms with Crippen molar-refractivity contribution in [2.24, 2.45) is 0 Å². The molecule has 0 aliphatic carbocycles. The molecule has 0 saturated heterocycles. The van der Waals surface area contributed by atoms with Gasteiger partial charge in [0.1, 0.15) is 5.75 Å². The van der Waals surface area contributed by atoms with E-state index in [9.17, 15) is 0 Å². The Balaban J connectivity index is 0.000000810. The number of rotatable bonds is 1. The van der Waals surface area contributed by atoms with Gasteiger partial charge in [0.15, 0.2) is 0 Å². The predicted octanol–water partition coefficient (Wildman–Crippen LogP) is 1.99. The molecule has 0 bridgehead atoms. The number of hydrogen-bond donors (Lipinski definition) is 1. The summed E-state index contributed by atoms with van der Waals surface area (Å²) in [6, 6.07) is 6.94. The number of benzene rings is 1. The van der Waals surface area contributed by atoms with Crippen molar-refractivity contribution >= 4 is 51.2 Å². The molecule has 0 saturated carbocycles. The average Bonchev–Trinajstić information content (AvgIpc) is 1.89. The van der Waals surface area contributed by atoms with Gasteiger partial charge in [-0.05, 0) is 33.8 Å². The average molecular weight is 185 g/mol. The summed E-state index contributed by atoms with van der Waals surface area (Å²) in [5, 5.41) is 9.01. The minimum absolute atomic E-state index is 0. The van der Waals surface area contributed by atoms with Crippen LogP contribution in [0.15, 0.2) is 29.2 Å². The molecule has 0 aliphatic heterocycles. The molecule has 0 fully saturated rings. The van der Waals surface area contributed by atoms with Crippen molar-refractivity contribution in [3.63, 3.8) is 0 Å². The van der Waals surface area contributed by atoms with Crippen LogP contribution in [0.2, 0.25) is 0 Å². The molecule has 1 rings (SSSR count). The molecule has 50 valence electrons. The van der Waals surface area contributed by atoms with Crippen LogP contribution < -0.4 is 0 Å². The van der Waals surface area contributed by atoms with Gasteiger partial charge in [-0.2, -0.15) is 0 Å². The van der Waals surface area contributed by atoms with Gasteiger partial charge in [0, 0.05) is 0 Å². The second-order valence-electron chi connectivity index (χ2n) is 1.54. The van der Waals surface area contributed by atoms with Gasteiger partial charge >= 0.3 is 29.6 Å². The van der Waals surface area contributed by atoms with Crippen molar-refractivity contribution in [3.8, 4) is 5.75 Å². The number of halogens is 1. The molecule has 1 N–H and O–H groups in total. The molecule has 0 aromatic heterocycles. The summed E-state index contributed by atoms with van der Waals surface area (Å²) in [5.74, 6) is 0.234. The van der Waals surface area contributed by atoms with Crippen LogP contribution >= 0.6 is 21.7 Å². The van der Waals surface area contributed by atoms with Crippen molar-refractivity contribution in [3.05, 3.63) is 24.3 Å². The van der Waals surface area contributed by atoms with E-state index in [-0.39, 0.29) is 35.3 Å². The number of para-hydroxylation sites is 1. The molecule has 1 aromatic carbocycles. The van der Waals surface area contributed by atoms with Gasteiger partial charge in [-0.15, -0.1) is 0 Å². The molecule has 0 radical (unpaired) electrons. The van der Waals surface area contributed by atoms with E-state index in [1.807, 2.05) is 6.07 Å². The van der Waals surface area contributed by atoms with E-state index in [2.05, 4.69) is 0 Å². The first-order valence-electron chi connectivity index (χ1n) is 2.41. The fraction of sp³-hybridized carbons (Fsp3) is 0. The zero-order chi connectivity index (χ0) is 6.69. The third kappa shape index (κ3) is 2.72. The normalized spacial score (nSPS) is 8.50. The Morgan fingerprint density at radius 3 is 2.30 bits per heavy atom. The second-order valence-corrected chi connectivity index (χ2v) is 2.60. The van der Waals surface area contributed by atoms with Gasteiger partial charge in [-0.3, -0.25) is 0 Å². The molecule has 4 heteroatoms. The van der Waals surface area contributed by atoms with Gasteiger partial charge in [0.2, 0.25) is 0 Å². The summed E-state index contributed by atoms with van der Waals surface area (Å²) in [4.78, 5) is 0.694. The van der Waals surface area contributed by atoms with Crippen LogP contribution in [0, 0.1) is 0 Å². The zero-order valence-electron chi connectivity index (χ0n) is 4.54. The third-order valence-corrected chi connectivity index (χ3v) is 1.96. The van der Waals surface area contributed by atoms with E-state index < -0.39 is 0 Å². The van der Waals surface area contributed by atoms with Crippen LogP contribution in [0.5, 0.6) is 5.75 Å². The fourth-order valence-corrected chi connectivity index (χ4v) is 1.19. The summed E-state index contributed by atoms with van der Waals surface area (Å²) in [6.07, 6.45) is 0. The molecule has 0 amide bonds. The Morgan fingerprint density at radius 2 is 1.90 bits per heavy atom. The predicted molar refractivity (Wildman–Crippen MR) is 47.0 cm³/mol. The van der Waals surface area contributed by atoms with Gasteiger partial charge < -0.3 is 5.11 Å². The van der Waals surface area contributed by atoms with Crippen LogP contribution in [0.25, 0.3) is 0 Å². The molecular weight excluding hydrogens is 179 g/mol.